The van der Waals surface area contributed by atoms with E-state index < -0.39 is 0 Å². The molecule has 1 aliphatic heterocycles. The van der Waals surface area contributed by atoms with E-state index in [4.69, 9.17) is 9.47 Å². The number of nitrogens with one attached hydrogen (secondary N) is 1. The monoisotopic (exact) mass is 460 g/mol. The molecule has 0 saturated carbocycles. The Balaban J connectivity index is 1.97. The highest BCUT2D eigenvalue weighted by Gasteiger charge is 2.40. The highest BCUT2D eigenvalue weighted by atomic mass is 16.5. The maximum absolute atomic E-state index is 13.3. The van der Waals surface area contributed by atoms with Crippen molar-refractivity contribution < 1.29 is 19.1 Å². The summed E-state index contributed by atoms with van der Waals surface area (Å²) in [5, 5.41) is 3.05. The number of nitrogens with zero attached hydrogens (tertiary/aromatic N) is 1. The van der Waals surface area contributed by atoms with Crippen LogP contribution in [0.2, 0.25) is 0 Å². The SMILES string of the molecule is CC[C@H](C)[C@H](C)[C@@H](CC(=O)N1CCC[C@H]1[C@H](OC)[C@@H](C)C(=O)NCCc1ccccc1)OC. The van der Waals surface area contributed by atoms with Gasteiger partial charge in [-0.05, 0) is 36.7 Å². The summed E-state index contributed by atoms with van der Waals surface area (Å²) >= 11 is 0. The molecule has 2 amide bonds. The number of amides is 2. The van der Waals surface area contributed by atoms with Gasteiger partial charge in [0.1, 0.15) is 0 Å². The van der Waals surface area contributed by atoms with Gasteiger partial charge in [0.25, 0.3) is 0 Å². The molecule has 1 aromatic carbocycles. The molecule has 1 fully saturated rings. The van der Waals surface area contributed by atoms with Crippen molar-refractivity contribution in [1.82, 2.24) is 10.2 Å². The van der Waals surface area contributed by atoms with E-state index in [1.54, 1.807) is 14.2 Å². The Labute approximate surface area is 200 Å². The van der Waals surface area contributed by atoms with Gasteiger partial charge in [0.15, 0.2) is 0 Å². The summed E-state index contributed by atoms with van der Waals surface area (Å²) in [4.78, 5) is 28.1. The van der Waals surface area contributed by atoms with E-state index in [1.807, 2.05) is 30.0 Å². The highest BCUT2D eigenvalue weighted by Crippen LogP contribution is 2.29. The number of methoxy groups -OCH3 is 2. The summed E-state index contributed by atoms with van der Waals surface area (Å²) in [6.45, 7) is 9.73. The van der Waals surface area contributed by atoms with Crippen LogP contribution >= 0.6 is 0 Å². The topological polar surface area (TPSA) is 67.9 Å². The van der Waals surface area contributed by atoms with Crippen molar-refractivity contribution in [3.63, 3.8) is 0 Å². The van der Waals surface area contributed by atoms with Crippen LogP contribution in [0.3, 0.4) is 0 Å². The van der Waals surface area contributed by atoms with Gasteiger partial charge in [0.2, 0.25) is 11.8 Å². The van der Waals surface area contributed by atoms with Crippen molar-refractivity contribution in [2.45, 2.75) is 78.0 Å². The number of rotatable bonds is 13. The van der Waals surface area contributed by atoms with E-state index in [2.05, 4.69) is 38.2 Å². The van der Waals surface area contributed by atoms with Gasteiger partial charge in [-0.15, -0.1) is 0 Å². The maximum Gasteiger partial charge on any atom is 0.225 e. The minimum atomic E-state index is -0.346. The van der Waals surface area contributed by atoms with Crippen molar-refractivity contribution in [1.29, 1.82) is 0 Å². The van der Waals surface area contributed by atoms with Crippen LogP contribution in [0.5, 0.6) is 0 Å². The van der Waals surface area contributed by atoms with Crippen LogP contribution in [0.4, 0.5) is 0 Å². The lowest BCUT2D eigenvalue weighted by molar-refractivity contribution is -0.142. The zero-order valence-corrected chi connectivity index (χ0v) is 21.4. The molecule has 1 saturated heterocycles. The molecular weight excluding hydrogens is 416 g/mol. The number of hydrogen-bond acceptors (Lipinski definition) is 4. The molecule has 0 spiro atoms. The minimum Gasteiger partial charge on any atom is -0.381 e. The van der Waals surface area contributed by atoms with E-state index in [-0.39, 0.29) is 36.0 Å². The quantitative estimate of drug-likeness (QED) is 0.482. The van der Waals surface area contributed by atoms with Crippen LogP contribution in [0.25, 0.3) is 0 Å². The second-order valence-electron chi connectivity index (χ2n) is 9.54. The smallest absolute Gasteiger partial charge is 0.225 e. The van der Waals surface area contributed by atoms with Crippen molar-refractivity contribution >= 4 is 11.8 Å². The van der Waals surface area contributed by atoms with Crippen molar-refractivity contribution in [3.8, 4) is 0 Å². The lowest BCUT2D eigenvalue weighted by atomic mass is 9.87. The Hall–Kier alpha value is -1.92. The van der Waals surface area contributed by atoms with Gasteiger partial charge >= 0.3 is 0 Å². The molecule has 6 heteroatoms. The molecule has 1 aromatic rings. The molecule has 6 atom stereocenters. The normalized spacial score (nSPS) is 20.7. The van der Waals surface area contributed by atoms with E-state index in [1.165, 1.54) is 5.56 Å². The van der Waals surface area contributed by atoms with E-state index in [9.17, 15) is 9.59 Å². The number of hydrogen-bond donors (Lipinski definition) is 1. The summed E-state index contributed by atoms with van der Waals surface area (Å²) in [6, 6.07) is 10.0. The third kappa shape index (κ3) is 7.54. The Morgan fingerprint density at radius 1 is 1.12 bits per heavy atom. The average molecular weight is 461 g/mol. The lowest BCUT2D eigenvalue weighted by Crippen LogP contribution is -2.50. The molecule has 1 N–H and O–H groups in total. The third-order valence-electron chi connectivity index (χ3n) is 7.54. The standard InChI is InChI=1S/C27H44N2O4/c1-7-19(2)20(3)24(32-5)18-25(30)29-17-11-14-23(29)26(33-6)21(4)27(31)28-16-15-22-12-9-8-10-13-22/h8-10,12-13,19-21,23-24,26H,7,11,14-18H2,1-6H3,(H,28,31)/t19-,20-,21+,23-,24+,26+/m0/s1. The Morgan fingerprint density at radius 3 is 2.42 bits per heavy atom. The fourth-order valence-electron chi connectivity index (χ4n) is 4.93. The lowest BCUT2D eigenvalue weighted by Gasteiger charge is -2.35. The van der Waals surface area contributed by atoms with Gasteiger partial charge in [0.05, 0.1) is 30.6 Å². The fourth-order valence-corrected chi connectivity index (χ4v) is 4.93. The van der Waals surface area contributed by atoms with Crippen LogP contribution < -0.4 is 5.32 Å². The van der Waals surface area contributed by atoms with Gasteiger partial charge in [-0.25, -0.2) is 0 Å². The van der Waals surface area contributed by atoms with Crippen molar-refractivity contribution in [3.05, 3.63) is 35.9 Å². The first-order valence-electron chi connectivity index (χ1n) is 12.5. The third-order valence-corrected chi connectivity index (χ3v) is 7.54. The van der Waals surface area contributed by atoms with Crippen LogP contribution in [0, 0.1) is 17.8 Å². The molecule has 1 heterocycles. The molecule has 33 heavy (non-hydrogen) atoms. The number of ether oxygens (including phenoxy) is 2. The van der Waals surface area contributed by atoms with E-state index in [0.29, 0.717) is 31.3 Å². The van der Waals surface area contributed by atoms with E-state index in [0.717, 1.165) is 25.7 Å². The summed E-state index contributed by atoms with van der Waals surface area (Å²) in [5.41, 5.74) is 1.20. The first-order valence-corrected chi connectivity index (χ1v) is 12.5. The molecular formula is C27H44N2O4. The maximum atomic E-state index is 13.3. The first kappa shape index (κ1) is 27.3. The van der Waals surface area contributed by atoms with Crippen molar-refractivity contribution in [2.75, 3.05) is 27.3 Å². The Bertz CT molecular complexity index is 726. The van der Waals surface area contributed by atoms with Gasteiger partial charge < -0.3 is 19.7 Å². The second kappa shape index (κ2) is 13.7. The molecule has 6 nitrogen and oxygen atoms in total. The largest absolute Gasteiger partial charge is 0.381 e. The molecule has 0 unspecified atom stereocenters. The molecule has 186 valence electrons. The van der Waals surface area contributed by atoms with Crippen molar-refractivity contribution in [2.24, 2.45) is 17.8 Å². The predicted molar refractivity (Wildman–Crippen MR) is 132 cm³/mol. The average Bonchev–Trinajstić information content (AvgIpc) is 3.32. The zero-order valence-electron chi connectivity index (χ0n) is 21.4. The number of carbonyl (C=O) groups is 2. The Kier molecular flexibility index (Phi) is 11.3. The summed E-state index contributed by atoms with van der Waals surface area (Å²) in [5.74, 6) is 0.512. The number of benzene rings is 1. The molecule has 0 aromatic heterocycles. The Morgan fingerprint density at radius 2 is 1.82 bits per heavy atom. The van der Waals surface area contributed by atoms with Crippen LogP contribution in [0.1, 0.15) is 58.9 Å². The summed E-state index contributed by atoms with van der Waals surface area (Å²) < 4.78 is 11.5. The fraction of sp³-hybridized carbons (Fsp3) is 0.704. The second-order valence-corrected chi connectivity index (χ2v) is 9.54. The molecule has 0 aliphatic carbocycles. The molecule has 2 rings (SSSR count). The predicted octanol–water partition coefficient (Wildman–Crippen LogP) is 4.07. The van der Waals surface area contributed by atoms with Gasteiger partial charge in [-0.3, -0.25) is 9.59 Å². The number of likely N-dealkylation sites (tertiary alicyclic amines) is 1. The molecule has 0 radical (unpaired) electrons. The zero-order chi connectivity index (χ0) is 24.4. The molecule has 1 aliphatic rings. The van der Waals surface area contributed by atoms with Crippen LogP contribution in [-0.4, -0.2) is 62.3 Å². The number of carbonyl (C=O) groups excluding carboxylic acids is 2. The molecule has 0 bridgehead atoms. The van der Waals surface area contributed by atoms with E-state index >= 15 is 0 Å². The summed E-state index contributed by atoms with van der Waals surface area (Å²) in [6.07, 6.45) is 3.56. The highest BCUT2D eigenvalue weighted by molar-refractivity contribution is 5.80. The minimum absolute atomic E-state index is 0.0303. The van der Waals surface area contributed by atoms with Gasteiger partial charge in [0, 0.05) is 27.3 Å². The first-order chi connectivity index (χ1) is 15.8. The van der Waals surface area contributed by atoms with Gasteiger partial charge in [-0.1, -0.05) is 64.4 Å². The van der Waals surface area contributed by atoms with Crippen LogP contribution in [0.15, 0.2) is 30.3 Å². The van der Waals surface area contributed by atoms with Crippen LogP contribution in [-0.2, 0) is 25.5 Å². The van der Waals surface area contributed by atoms with Gasteiger partial charge in [-0.2, -0.15) is 0 Å². The summed E-state index contributed by atoms with van der Waals surface area (Å²) in [7, 11) is 3.33.